The first-order valence-corrected chi connectivity index (χ1v) is 22.2. The van der Waals surface area contributed by atoms with Gasteiger partial charge in [0.2, 0.25) is 5.95 Å². The van der Waals surface area contributed by atoms with Crippen LogP contribution in [0.5, 0.6) is 0 Å². The molecule has 1 radical (unpaired) electrons. The van der Waals surface area contributed by atoms with E-state index in [1.54, 1.807) is 66.1 Å². The van der Waals surface area contributed by atoms with Gasteiger partial charge in [0.15, 0.2) is 6.29 Å². The smallest absolute Gasteiger partial charge is 0.481 e. The number of aldehydes is 2. The van der Waals surface area contributed by atoms with Crippen molar-refractivity contribution in [1.82, 2.24) is 39.1 Å². The Morgan fingerprint density at radius 1 is 0.736 bits per heavy atom. The second kappa shape index (κ2) is 28.5. The number of nitrogen functional groups attached to an aromatic ring is 1. The van der Waals surface area contributed by atoms with Crippen molar-refractivity contribution in [3.63, 3.8) is 0 Å². The number of carboxylic acids is 2. The monoisotopic (exact) mass is 1080 g/mol. The summed E-state index contributed by atoms with van der Waals surface area (Å²) >= 11 is 17.8. The van der Waals surface area contributed by atoms with E-state index in [1.807, 2.05) is 53.4 Å². The van der Waals surface area contributed by atoms with Crippen LogP contribution in [0.15, 0.2) is 139 Å². The summed E-state index contributed by atoms with van der Waals surface area (Å²) in [4.78, 5) is 56.3. The van der Waals surface area contributed by atoms with Gasteiger partial charge in [0.1, 0.15) is 12.1 Å². The Labute approximate surface area is 440 Å². The number of nitrogens with two attached hydrogens (primary N) is 1. The standard InChI is InChI=1S/C24H22ClN7.C10H7ClN2O.C7H6BClO3.C4H5N.2C2H4O2.Cu/c1-24(2,3)32-21-7-5-15(16-13-27-23(26)28-14-16)11-19(21)30-22(32)18-12-17(25)6-8-20(18)31-10-4-9-29-31;11-9-2-3-10(8(6-9)7-14)13-5-1-4-12-13;9-6-1-2-7(8(11)12)5(3-6)4-10;1-2-4-5-3-1;2*1-2(3)4;/h4-14H,1-3H3,(H2,26,27,28);1-7H;1-4,11-12H;1-3H,4H2;2*1H3,(H,3,4);. The number of carbonyl (C=O) groups is 4. The third-order valence-electron chi connectivity index (χ3n) is 9.14. The van der Waals surface area contributed by atoms with Crippen molar-refractivity contribution < 1.29 is 56.5 Å². The summed E-state index contributed by atoms with van der Waals surface area (Å²) < 4.78 is 5.69. The molecule has 9 rings (SSSR count). The van der Waals surface area contributed by atoms with E-state index in [1.165, 1.54) is 18.2 Å². The summed E-state index contributed by atoms with van der Waals surface area (Å²) in [6.07, 6.45) is 17.6. The summed E-state index contributed by atoms with van der Waals surface area (Å²) in [5, 5.41) is 42.4. The number of nitrogens with zero attached hydrogens (tertiary/aromatic N) is 9. The van der Waals surface area contributed by atoms with Crippen molar-refractivity contribution >= 4 is 95.1 Å². The number of carbonyl (C=O) groups excluding carboxylic acids is 2. The number of anilines is 1. The van der Waals surface area contributed by atoms with Gasteiger partial charge in [0.05, 0.1) is 29.0 Å². The van der Waals surface area contributed by atoms with E-state index in [2.05, 4.69) is 62.6 Å². The van der Waals surface area contributed by atoms with Crippen molar-refractivity contribution in [3.8, 4) is 33.9 Å². The van der Waals surface area contributed by atoms with Gasteiger partial charge >= 0.3 is 7.12 Å². The first-order chi connectivity index (χ1) is 33.7. The zero-order valence-corrected chi connectivity index (χ0v) is 42.4. The molecule has 0 bridgehead atoms. The van der Waals surface area contributed by atoms with Gasteiger partial charge in [-0.15, -0.1) is 0 Å². The minimum Gasteiger partial charge on any atom is -0.481 e. The van der Waals surface area contributed by atoms with Crippen LogP contribution in [0.25, 0.3) is 44.9 Å². The molecule has 23 heteroatoms. The summed E-state index contributed by atoms with van der Waals surface area (Å²) in [5.41, 5.74) is 12.6. The van der Waals surface area contributed by atoms with Gasteiger partial charge in [-0.25, -0.2) is 24.3 Å². The molecule has 1 aliphatic heterocycles. The number of allylic oxidation sites excluding steroid dienone is 1. The van der Waals surface area contributed by atoms with Crippen LogP contribution in [0.4, 0.5) is 5.95 Å². The molecule has 18 nitrogen and oxygen atoms in total. The van der Waals surface area contributed by atoms with Crippen LogP contribution in [0, 0.1) is 0 Å². The van der Waals surface area contributed by atoms with Crippen LogP contribution in [-0.2, 0) is 32.2 Å². The SMILES string of the molecule is C1=CCN=C1.CC(=O)O.CC(=O)O.CC(C)(C)n1c(-c2cc(Cl)ccc2-n2cccn2)nc2cc(-c3cnc(N)nc3)ccc21.O=Cc1cc(Cl)ccc1-n1cccn1.O=Cc1cc(Cl)ccc1B(O)O.[Cu]. The van der Waals surface area contributed by atoms with Crippen LogP contribution in [0.2, 0.25) is 15.1 Å². The fraction of sp³-hybridized carbons (Fsp3) is 0.143. The zero-order chi connectivity index (χ0) is 52.3. The van der Waals surface area contributed by atoms with Crippen LogP contribution in [0.3, 0.4) is 0 Å². The van der Waals surface area contributed by atoms with E-state index in [0.29, 0.717) is 26.9 Å². The van der Waals surface area contributed by atoms with E-state index in [9.17, 15) is 9.59 Å². The van der Waals surface area contributed by atoms with Gasteiger partial charge in [0, 0.05) is 117 Å². The molecule has 0 amide bonds. The maximum atomic E-state index is 10.8. The molecule has 6 N–H and O–H groups in total. The average molecular weight is 1090 g/mol. The minimum atomic E-state index is -1.64. The van der Waals surface area contributed by atoms with E-state index in [4.69, 9.17) is 75.4 Å². The molecule has 72 heavy (non-hydrogen) atoms. The molecule has 0 fully saturated rings. The van der Waals surface area contributed by atoms with E-state index in [0.717, 1.165) is 71.6 Å². The quantitative estimate of drug-likeness (QED) is 0.0742. The Morgan fingerprint density at radius 2 is 1.26 bits per heavy atom. The third-order valence-corrected chi connectivity index (χ3v) is 9.85. The minimum absolute atomic E-state index is 0. The second-order valence-corrected chi connectivity index (χ2v) is 16.9. The molecule has 4 aromatic carbocycles. The topological polar surface area (TPSA) is 267 Å². The first-order valence-electron chi connectivity index (χ1n) is 21.0. The second-order valence-electron chi connectivity index (χ2n) is 15.6. The summed E-state index contributed by atoms with van der Waals surface area (Å²) in [7, 11) is -1.64. The average Bonchev–Trinajstić information content (AvgIpc) is 4.18. The summed E-state index contributed by atoms with van der Waals surface area (Å²) in [6, 6.07) is 25.0. The number of imidazole rings is 1. The number of hydrogen-bond acceptors (Lipinski definition) is 13. The summed E-state index contributed by atoms with van der Waals surface area (Å²) in [6.45, 7) is 9.55. The molecular weight excluding hydrogens is 1040 g/mol. The molecular formula is C49H48BCl3CuN10O8. The number of carboxylic acid groups (broad SMARTS) is 2. The number of rotatable bonds is 7. The fourth-order valence-electron chi connectivity index (χ4n) is 6.33. The summed E-state index contributed by atoms with van der Waals surface area (Å²) in [5.74, 6) is -0.590. The van der Waals surface area contributed by atoms with Crippen LogP contribution < -0.4 is 11.2 Å². The molecule has 4 aromatic heterocycles. The Morgan fingerprint density at radius 3 is 1.74 bits per heavy atom. The van der Waals surface area contributed by atoms with Gasteiger partial charge in [-0.3, -0.25) is 24.2 Å². The molecule has 0 saturated heterocycles. The maximum Gasteiger partial charge on any atom is 0.489 e. The number of fused-ring (bicyclic) bond motifs is 1. The van der Waals surface area contributed by atoms with Gasteiger partial charge in [-0.2, -0.15) is 10.2 Å². The number of aliphatic carboxylic acids is 2. The maximum absolute atomic E-state index is 10.8. The molecule has 8 aromatic rings. The fourth-order valence-corrected chi connectivity index (χ4v) is 6.87. The van der Waals surface area contributed by atoms with E-state index < -0.39 is 19.1 Å². The Balaban J connectivity index is 0.000000281. The molecule has 0 aliphatic carbocycles. The number of aromatic nitrogens is 8. The van der Waals surface area contributed by atoms with Crippen molar-refractivity contribution in [1.29, 1.82) is 0 Å². The van der Waals surface area contributed by atoms with Gasteiger partial charge in [0.25, 0.3) is 11.9 Å². The van der Waals surface area contributed by atoms with Crippen LogP contribution in [0.1, 0.15) is 55.3 Å². The largest absolute Gasteiger partial charge is 0.489 e. The molecule has 0 saturated carbocycles. The van der Waals surface area contributed by atoms with Gasteiger partial charge in [-0.1, -0.05) is 53.0 Å². The zero-order valence-electron chi connectivity index (χ0n) is 39.2. The molecule has 377 valence electrons. The number of benzene rings is 4. The molecule has 0 atom stereocenters. The van der Waals surface area contributed by atoms with Gasteiger partial charge < -0.3 is 30.6 Å². The predicted molar refractivity (Wildman–Crippen MR) is 277 cm³/mol. The van der Waals surface area contributed by atoms with E-state index >= 15 is 0 Å². The molecule has 0 unspecified atom stereocenters. The van der Waals surface area contributed by atoms with Crippen molar-refractivity contribution in [2.45, 2.75) is 40.2 Å². The van der Waals surface area contributed by atoms with Crippen molar-refractivity contribution in [3.05, 3.63) is 160 Å². The first kappa shape index (κ1) is 59.0. The number of hydrogen-bond donors (Lipinski definition) is 5. The van der Waals surface area contributed by atoms with Crippen molar-refractivity contribution in [2.75, 3.05) is 12.3 Å². The molecule has 5 heterocycles. The number of aliphatic imine (C=N–C) groups is 1. The number of halogens is 3. The predicted octanol–water partition coefficient (Wildman–Crippen LogP) is 8.31. The van der Waals surface area contributed by atoms with E-state index in [-0.39, 0.29) is 39.6 Å². The van der Waals surface area contributed by atoms with Crippen molar-refractivity contribution in [2.24, 2.45) is 4.99 Å². The normalized spacial score (nSPS) is 10.8. The van der Waals surface area contributed by atoms with Crippen LogP contribution in [-0.4, -0.2) is 104 Å². The Bertz CT molecular complexity index is 3080. The third kappa shape index (κ3) is 17.8. The Kier molecular flexibility index (Phi) is 23.4. The molecule has 1 aliphatic rings. The Hall–Kier alpha value is -7.29. The molecule has 0 spiro atoms. The van der Waals surface area contributed by atoms with Gasteiger partial charge in [-0.05, 0) is 111 Å². The van der Waals surface area contributed by atoms with Crippen LogP contribution >= 0.6 is 34.8 Å².